The van der Waals surface area contributed by atoms with E-state index in [-0.39, 0.29) is 0 Å². The van der Waals surface area contributed by atoms with Gasteiger partial charge in [-0.1, -0.05) is 28.1 Å². The Bertz CT molecular complexity index is 613. The molecule has 19 heavy (non-hydrogen) atoms. The second kappa shape index (κ2) is 5.71. The van der Waals surface area contributed by atoms with Gasteiger partial charge in [0.05, 0.1) is 10.2 Å². The standard InChI is InChI=1S/C15H12BrIO2/c16-12-7-10-5-6-18-15(10)11(8-12)9-19-14-4-2-1-3-13(14)17/h1-4,7-8H,5-6,9H2. The maximum absolute atomic E-state index is 5.89. The molecule has 0 fully saturated rings. The number of fused-ring (bicyclic) bond motifs is 1. The molecule has 0 saturated carbocycles. The van der Waals surface area contributed by atoms with Gasteiger partial charge in [-0.3, -0.25) is 0 Å². The molecule has 0 spiro atoms. The van der Waals surface area contributed by atoms with Gasteiger partial charge in [0.25, 0.3) is 0 Å². The highest BCUT2D eigenvalue weighted by Gasteiger charge is 2.17. The minimum absolute atomic E-state index is 0.530. The summed E-state index contributed by atoms with van der Waals surface area (Å²) in [5.74, 6) is 1.91. The fraction of sp³-hybridized carbons (Fsp3) is 0.200. The normalized spacial score (nSPS) is 12.9. The van der Waals surface area contributed by atoms with Crippen LogP contribution in [0.25, 0.3) is 0 Å². The second-order valence-electron chi connectivity index (χ2n) is 4.37. The van der Waals surface area contributed by atoms with E-state index in [0.29, 0.717) is 6.61 Å². The summed E-state index contributed by atoms with van der Waals surface area (Å²) in [6, 6.07) is 12.2. The zero-order valence-corrected chi connectivity index (χ0v) is 13.9. The zero-order valence-electron chi connectivity index (χ0n) is 10.2. The molecule has 98 valence electrons. The number of benzene rings is 2. The summed E-state index contributed by atoms with van der Waals surface area (Å²) in [6.07, 6.45) is 0.977. The van der Waals surface area contributed by atoms with E-state index in [1.54, 1.807) is 0 Å². The molecule has 0 aromatic heterocycles. The van der Waals surface area contributed by atoms with Gasteiger partial charge in [0.2, 0.25) is 0 Å². The highest BCUT2D eigenvalue weighted by atomic mass is 127. The van der Waals surface area contributed by atoms with Crippen LogP contribution < -0.4 is 9.47 Å². The van der Waals surface area contributed by atoms with Gasteiger partial charge >= 0.3 is 0 Å². The van der Waals surface area contributed by atoms with E-state index in [2.05, 4.69) is 50.7 Å². The number of hydrogen-bond donors (Lipinski definition) is 0. The third kappa shape index (κ3) is 2.89. The molecular formula is C15H12BrIO2. The van der Waals surface area contributed by atoms with Crippen LogP contribution in [0.3, 0.4) is 0 Å². The van der Waals surface area contributed by atoms with Crippen molar-refractivity contribution in [3.63, 3.8) is 0 Å². The average molecular weight is 431 g/mol. The summed E-state index contributed by atoms with van der Waals surface area (Å²) >= 11 is 5.83. The lowest BCUT2D eigenvalue weighted by Crippen LogP contribution is -1.99. The first kappa shape index (κ1) is 13.2. The highest BCUT2D eigenvalue weighted by Crippen LogP contribution is 2.34. The molecule has 0 amide bonds. The fourth-order valence-corrected chi connectivity index (χ4v) is 3.27. The Kier molecular flexibility index (Phi) is 3.98. The molecule has 2 aromatic carbocycles. The fourth-order valence-electron chi connectivity index (χ4n) is 2.17. The maximum Gasteiger partial charge on any atom is 0.133 e. The van der Waals surface area contributed by atoms with Crippen molar-refractivity contribution < 1.29 is 9.47 Å². The van der Waals surface area contributed by atoms with Crippen LogP contribution in [0.15, 0.2) is 40.9 Å². The molecule has 2 nitrogen and oxygen atoms in total. The lowest BCUT2D eigenvalue weighted by atomic mass is 10.1. The molecule has 0 saturated heterocycles. The molecule has 1 aliphatic heterocycles. The first-order valence-corrected chi connectivity index (χ1v) is 7.92. The predicted molar refractivity (Wildman–Crippen MR) is 86.8 cm³/mol. The predicted octanol–water partition coefficient (Wildman–Crippen LogP) is 4.57. The Morgan fingerprint density at radius 3 is 2.95 bits per heavy atom. The molecule has 0 radical (unpaired) electrons. The number of para-hydroxylation sites is 1. The van der Waals surface area contributed by atoms with Crippen molar-refractivity contribution in [2.45, 2.75) is 13.0 Å². The largest absolute Gasteiger partial charge is 0.493 e. The topological polar surface area (TPSA) is 18.5 Å². The Morgan fingerprint density at radius 2 is 2.11 bits per heavy atom. The van der Waals surface area contributed by atoms with Crippen LogP contribution >= 0.6 is 38.5 Å². The van der Waals surface area contributed by atoms with Crippen molar-refractivity contribution in [3.8, 4) is 11.5 Å². The van der Waals surface area contributed by atoms with Crippen molar-refractivity contribution in [1.82, 2.24) is 0 Å². The first-order valence-electron chi connectivity index (χ1n) is 6.05. The van der Waals surface area contributed by atoms with Crippen molar-refractivity contribution in [1.29, 1.82) is 0 Å². The van der Waals surface area contributed by atoms with Gasteiger partial charge in [-0.25, -0.2) is 0 Å². The van der Waals surface area contributed by atoms with Crippen molar-refractivity contribution in [3.05, 3.63) is 55.6 Å². The summed E-state index contributed by atoms with van der Waals surface area (Å²) in [5, 5.41) is 0. The van der Waals surface area contributed by atoms with Gasteiger partial charge in [-0.2, -0.15) is 0 Å². The van der Waals surface area contributed by atoms with E-state index < -0.39 is 0 Å². The second-order valence-corrected chi connectivity index (χ2v) is 6.45. The van der Waals surface area contributed by atoms with Gasteiger partial charge in [0.15, 0.2) is 0 Å². The Labute approximate surface area is 134 Å². The molecule has 1 aliphatic rings. The summed E-state index contributed by atoms with van der Waals surface area (Å²) in [7, 11) is 0. The molecule has 0 unspecified atom stereocenters. The molecule has 0 bridgehead atoms. The quantitative estimate of drug-likeness (QED) is 0.664. The van der Waals surface area contributed by atoms with Crippen molar-refractivity contribution in [2.24, 2.45) is 0 Å². The number of rotatable bonds is 3. The third-order valence-corrected chi connectivity index (χ3v) is 4.39. The van der Waals surface area contributed by atoms with Crippen LogP contribution in [0.5, 0.6) is 11.5 Å². The van der Waals surface area contributed by atoms with Crippen LogP contribution in [-0.2, 0) is 13.0 Å². The molecular weight excluding hydrogens is 419 g/mol. The molecule has 0 N–H and O–H groups in total. The monoisotopic (exact) mass is 430 g/mol. The van der Waals surface area contributed by atoms with E-state index in [4.69, 9.17) is 9.47 Å². The summed E-state index contributed by atoms with van der Waals surface area (Å²) in [5.41, 5.74) is 2.36. The van der Waals surface area contributed by atoms with Crippen LogP contribution in [0.2, 0.25) is 0 Å². The van der Waals surface area contributed by atoms with E-state index in [0.717, 1.165) is 38.1 Å². The van der Waals surface area contributed by atoms with E-state index in [1.165, 1.54) is 5.56 Å². The lowest BCUT2D eigenvalue weighted by Gasteiger charge is -2.11. The highest BCUT2D eigenvalue weighted by molar-refractivity contribution is 14.1. The number of ether oxygens (including phenoxy) is 2. The Hall–Kier alpha value is -0.750. The molecule has 2 aromatic rings. The van der Waals surface area contributed by atoms with E-state index in [1.807, 2.05) is 24.3 Å². The molecule has 0 atom stereocenters. The smallest absolute Gasteiger partial charge is 0.133 e. The minimum Gasteiger partial charge on any atom is -0.493 e. The lowest BCUT2D eigenvalue weighted by molar-refractivity contribution is 0.290. The Morgan fingerprint density at radius 1 is 1.26 bits per heavy atom. The average Bonchev–Trinajstić information content (AvgIpc) is 2.85. The van der Waals surface area contributed by atoms with E-state index in [9.17, 15) is 0 Å². The molecule has 4 heteroatoms. The van der Waals surface area contributed by atoms with Gasteiger partial charge < -0.3 is 9.47 Å². The van der Waals surface area contributed by atoms with Crippen molar-refractivity contribution in [2.75, 3.05) is 6.61 Å². The zero-order chi connectivity index (χ0) is 13.2. The number of hydrogen-bond acceptors (Lipinski definition) is 2. The molecule has 3 rings (SSSR count). The van der Waals surface area contributed by atoms with Crippen molar-refractivity contribution >= 4 is 38.5 Å². The van der Waals surface area contributed by atoms with Gasteiger partial charge in [-0.05, 0) is 52.4 Å². The summed E-state index contributed by atoms with van der Waals surface area (Å²) < 4.78 is 13.8. The summed E-state index contributed by atoms with van der Waals surface area (Å²) in [4.78, 5) is 0. The Balaban J connectivity index is 1.83. The number of halogens is 2. The van der Waals surface area contributed by atoms with Crippen LogP contribution in [0.1, 0.15) is 11.1 Å². The van der Waals surface area contributed by atoms with Crippen LogP contribution in [0, 0.1) is 3.57 Å². The SMILES string of the molecule is Brc1cc2c(c(COc3ccccc3I)c1)OCC2. The first-order chi connectivity index (χ1) is 9.24. The van der Waals surface area contributed by atoms with Crippen LogP contribution in [-0.4, -0.2) is 6.61 Å². The van der Waals surface area contributed by atoms with E-state index >= 15 is 0 Å². The minimum atomic E-state index is 0.530. The molecule has 1 heterocycles. The van der Waals surface area contributed by atoms with Gasteiger partial charge in [0.1, 0.15) is 18.1 Å². The van der Waals surface area contributed by atoms with Gasteiger partial charge in [-0.15, -0.1) is 0 Å². The third-order valence-electron chi connectivity index (χ3n) is 3.05. The van der Waals surface area contributed by atoms with Crippen LogP contribution in [0.4, 0.5) is 0 Å². The van der Waals surface area contributed by atoms with Gasteiger partial charge in [0, 0.05) is 16.5 Å². The maximum atomic E-state index is 5.89. The molecule has 0 aliphatic carbocycles. The summed E-state index contributed by atoms with van der Waals surface area (Å²) in [6.45, 7) is 1.30.